The van der Waals surface area contributed by atoms with E-state index in [1.807, 2.05) is 6.07 Å². The number of hydrogen-bond acceptors (Lipinski definition) is 4. The summed E-state index contributed by atoms with van der Waals surface area (Å²) in [7, 11) is 0. The topological polar surface area (TPSA) is 59.5 Å². The zero-order valence-electron chi connectivity index (χ0n) is 16.4. The van der Waals surface area contributed by atoms with E-state index in [0.29, 0.717) is 19.4 Å². The van der Waals surface area contributed by atoms with Crippen LogP contribution in [0.2, 0.25) is 0 Å². The fraction of sp³-hybridized carbons (Fsp3) is 0.409. The minimum absolute atomic E-state index is 0.0502. The molecule has 2 heterocycles. The Bertz CT molecular complexity index is 876. The van der Waals surface area contributed by atoms with Gasteiger partial charge in [-0.2, -0.15) is 0 Å². The Balaban J connectivity index is 1.83. The molecule has 0 aliphatic carbocycles. The highest BCUT2D eigenvalue weighted by molar-refractivity contribution is 5.82. The SMILES string of the molecule is CCOC(=O)[C@]1(Cc2ccc(F)cc2F)CCCN(C(=O)Cc2cccnc2)C1. The second-order valence-corrected chi connectivity index (χ2v) is 7.37. The third-order valence-corrected chi connectivity index (χ3v) is 5.26. The van der Waals surface area contributed by atoms with Gasteiger partial charge in [-0.3, -0.25) is 14.6 Å². The largest absolute Gasteiger partial charge is 0.466 e. The summed E-state index contributed by atoms with van der Waals surface area (Å²) >= 11 is 0. The van der Waals surface area contributed by atoms with Gasteiger partial charge in [0.25, 0.3) is 0 Å². The van der Waals surface area contributed by atoms with Gasteiger partial charge in [-0.05, 0) is 49.4 Å². The van der Waals surface area contributed by atoms with Crippen molar-refractivity contribution in [2.24, 2.45) is 5.41 Å². The lowest BCUT2D eigenvalue weighted by Gasteiger charge is -2.41. The van der Waals surface area contributed by atoms with Crippen molar-refractivity contribution in [2.75, 3.05) is 19.7 Å². The number of nitrogens with zero attached hydrogens (tertiary/aromatic N) is 2. The van der Waals surface area contributed by atoms with E-state index in [1.54, 1.807) is 30.3 Å². The molecule has 0 radical (unpaired) electrons. The molecule has 1 aliphatic heterocycles. The van der Waals surface area contributed by atoms with Crippen LogP contribution in [-0.4, -0.2) is 41.5 Å². The molecule has 3 rings (SSSR count). The monoisotopic (exact) mass is 402 g/mol. The number of esters is 1. The van der Waals surface area contributed by atoms with Crippen LogP contribution in [0.25, 0.3) is 0 Å². The number of benzene rings is 1. The Hall–Kier alpha value is -2.83. The summed E-state index contributed by atoms with van der Waals surface area (Å²) in [6.07, 6.45) is 4.57. The van der Waals surface area contributed by atoms with Crippen molar-refractivity contribution in [3.63, 3.8) is 0 Å². The summed E-state index contributed by atoms with van der Waals surface area (Å²) in [6.45, 7) is 2.56. The van der Waals surface area contributed by atoms with E-state index in [2.05, 4.69) is 4.98 Å². The maximum Gasteiger partial charge on any atom is 0.314 e. The first-order valence-electron chi connectivity index (χ1n) is 9.71. The van der Waals surface area contributed by atoms with E-state index in [0.717, 1.165) is 11.6 Å². The van der Waals surface area contributed by atoms with Crippen molar-refractivity contribution in [1.29, 1.82) is 0 Å². The average Bonchev–Trinajstić information content (AvgIpc) is 2.71. The number of rotatable bonds is 6. The van der Waals surface area contributed by atoms with Crippen LogP contribution in [0.15, 0.2) is 42.7 Å². The van der Waals surface area contributed by atoms with Gasteiger partial charge in [0.2, 0.25) is 5.91 Å². The van der Waals surface area contributed by atoms with Gasteiger partial charge in [-0.1, -0.05) is 12.1 Å². The van der Waals surface area contributed by atoms with Gasteiger partial charge < -0.3 is 9.64 Å². The molecule has 29 heavy (non-hydrogen) atoms. The van der Waals surface area contributed by atoms with Gasteiger partial charge in [0.15, 0.2) is 0 Å². The Morgan fingerprint density at radius 2 is 2.10 bits per heavy atom. The van der Waals surface area contributed by atoms with Crippen molar-refractivity contribution < 1.29 is 23.1 Å². The molecule has 0 unspecified atom stereocenters. The summed E-state index contributed by atoms with van der Waals surface area (Å²) < 4.78 is 32.9. The van der Waals surface area contributed by atoms with Crippen molar-refractivity contribution in [2.45, 2.75) is 32.6 Å². The highest BCUT2D eigenvalue weighted by atomic mass is 19.1. The van der Waals surface area contributed by atoms with Gasteiger partial charge in [0.05, 0.1) is 18.4 Å². The standard InChI is InChI=1S/C22H24F2N2O3/c1-2-29-21(28)22(13-17-6-7-18(23)12-19(17)24)8-4-10-26(15-22)20(27)11-16-5-3-9-25-14-16/h3,5-7,9,12,14H,2,4,8,10-11,13,15H2,1H3/t22-/m0/s1. The van der Waals surface area contributed by atoms with Gasteiger partial charge in [0, 0.05) is 31.5 Å². The summed E-state index contributed by atoms with van der Waals surface area (Å²) in [5.74, 6) is -1.95. The predicted molar refractivity (Wildman–Crippen MR) is 103 cm³/mol. The summed E-state index contributed by atoms with van der Waals surface area (Å²) in [5.41, 5.74) is -0.0345. The summed E-state index contributed by atoms with van der Waals surface area (Å²) in [5, 5.41) is 0. The number of halogens is 2. The first kappa shape index (κ1) is 20.9. The van der Waals surface area contributed by atoms with E-state index in [9.17, 15) is 18.4 Å². The molecule has 0 spiro atoms. The van der Waals surface area contributed by atoms with E-state index in [4.69, 9.17) is 4.74 Å². The van der Waals surface area contributed by atoms with Gasteiger partial charge in [-0.25, -0.2) is 8.78 Å². The molecule has 1 aliphatic rings. The van der Waals surface area contributed by atoms with Crippen LogP contribution >= 0.6 is 0 Å². The van der Waals surface area contributed by atoms with E-state index >= 15 is 0 Å². The van der Waals surface area contributed by atoms with Crippen molar-refractivity contribution in [3.05, 3.63) is 65.5 Å². The number of hydrogen-bond donors (Lipinski definition) is 0. The number of carbonyl (C=O) groups is 2. The zero-order valence-corrected chi connectivity index (χ0v) is 16.4. The Morgan fingerprint density at radius 1 is 1.28 bits per heavy atom. The number of ether oxygens (including phenoxy) is 1. The normalized spacial score (nSPS) is 19.1. The smallest absolute Gasteiger partial charge is 0.314 e. The minimum atomic E-state index is -1.06. The van der Waals surface area contributed by atoms with Crippen LogP contribution in [0.4, 0.5) is 8.78 Å². The van der Waals surface area contributed by atoms with Crippen LogP contribution < -0.4 is 0 Å². The van der Waals surface area contributed by atoms with Gasteiger partial charge in [0.1, 0.15) is 11.6 Å². The predicted octanol–water partition coefficient (Wildman–Crippen LogP) is 3.32. The molecule has 2 aromatic rings. The molecule has 1 atom stereocenters. The number of carbonyl (C=O) groups excluding carboxylic acids is 2. The number of aromatic nitrogens is 1. The third kappa shape index (κ3) is 4.96. The quantitative estimate of drug-likeness (QED) is 0.696. The molecule has 1 saturated heterocycles. The first-order chi connectivity index (χ1) is 13.9. The number of likely N-dealkylation sites (tertiary alicyclic amines) is 1. The van der Waals surface area contributed by atoms with Crippen LogP contribution in [0.1, 0.15) is 30.9 Å². The Morgan fingerprint density at radius 3 is 2.79 bits per heavy atom. The third-order valence-electron chi connectivity index (χ3n) is 5.26. The Kier molecular flexibility index (Phi) is 6.56. The molecule has 7 heteroatoms. The summed E-state index contributed by atoms with van der Waals surface area (Å²) in [6, 6.07) is 6.91. The molecular formula is C22H24F2N2O3. The van der Waals surface area contributed by atoms with Crippen LogP contribution in [0, 0.1) is 17.0 Å². The second kappa shape index (κ2) is 9.11. The Labute approximate surface area is 168 Å². The lowest BCUT2D eigenvalue weighted by Crippen LogP contribution is -2.52. The molecule has 5 nitrogen and oxygen atoms in total. The molecule has 1 amide bonds. The van der Waals surface area contributed by atoms with Crippen molar-refractivity contribution in [1.82, 2.24) is 9.88 Å². The van der Waals surface area contributed by atoms with Crippen LogP contribution in [0.3, 0.4) is 0 Å². The fourth-order valence-corrected chi connectivity index (χ4v) is 3.83. The second-order valence-electron chi connectivity index (χ2n) is 7.37. The highest BCUT2D eigenvalue weighted by Gasteiger charge is 2.45. The summed E-state index contributed by atoms with van der Waals surface area (Å²) in [4.78, 5) is 31.3. The van der Waals surface area contributed by atoms with E-state index in [1.165, 1.54) is 12.1 Å². The number of amides is 1. The minimum Gasteiger partial charge on any atom is -0.466 e. The molecule has 154 valence electrons. The number of pyridine rings is 1. The lowest BCUT2D eigenvalue weighted by atomic mass is 9.74. The molecule has 1 fully saturated rings. The fourth-order valence-electron chi connectivity index (χ4n) is 3.83. The molecule has 0 bridgehead atoms. The van der Waals surface area contributed by atoms with Crippen LogP contribution in [0.5, 0.6) is 0 Å². The maximum atomic E-state index is 14.3. The average molecular weight is 402 g/mol. The molecule has 0 N–H and O–H groups in total. The van der Waals surface area contributed by atoms with E-state index < -0.39 is 23.0 Å². The molecule has 1 aromatic heterocycles. The van der Waals surface area contributed by atoms with Gasteiger partial charge in [-0.15, -0.1) is 0 Å². The molecule has 0 saturated carbocycles. The van der Waals surface area contributed by atoms with Crippen molar-refractivity contribution in [3.8, 4) is 0 Å². The number of piperidine rings is 1. The zero-order chi connectivity index (χ0) is 20.9. The van der Waals surface area contributed by atoms with Crippen molar-refractivity contribution >= 4 is 11.9 Å². The van der Waals surface area contributed by atoms with E-state index in [-0.39, 0.29) is 37.5 Å². The van der Waals surface area contributed by atoms with Gasteiger partial charge >= 0.3 is 5.97 Å². The maximum absolute atomic E-state index is 14.3. The highest BCUT2D eigenvalue weighted by Crippen LogP contribution is 2.36. The molecule has 1 aromatic carbocycles. The van der Waals surface area contributed by atoms with Crippen LogP contribution in [-0.2, 0) is 27.2 Å². The first-order valence-corrected chi connectivity index (χ1v) is 9.71. The molecular weight excluding hydrogens is 378 g/mol. The lowest BCUT2D eigenvalue weighted by molar-refractivity contribution is -0.160.